The zero-order valence-electron chi connectivity index (χ0n) is 12.4. The molecule has 0 radical (unpaired) electrons. The Kier molecular flexibility index (Phi) is 4.29. The molecule has 1 unspecified atom stereocenters. The van der Waals surface area contributed by atoms with Crippen molar-refractivity contribution < 1.29 is 9.53 Å². The average Bonchev–Trinajstić information content (AvgIpc) is 2.62. The highest BCUT2D eigenvalue weighted by molar-refractivity contribution is 5.89. The van der Waals surface area contributed by atoms with Gasteiger partial charge in [0, 0.05) is 31.9 Å². The number of benzene rings is 1. The second-order valence-corrected chi connectivity index (χ2v) is 5.15. The number of nitrogens with one attached hydrogen (secondary N) is 1. The first-order valence-electron chi connectivity index (χ1n) is 7.22. The highest BCUT2D eigenvalue weighted by Gasteiger charge is 2.22. The summed E-state index contributed by atoms with van der Waals surface area (Å²) in [5, 5.41) is 11.6. The van der Waals surface area contributed by atoms with E-state index in [9.17, 15) is 4.79 Å². The molecule has 114 valence electrons. The van der Waals surface area contributed by atoms with E-state index in [1.54, 1.807) is 18.3 Å². The Balaban J connectivity index is 1.73. The van der Waals surface area contributed by atoms with E-state index >= 15 is 0 Å². The Morgan fingerprint density at radius 3 is 2.82 bits per heavy atom. The fourth-order valence-corrected chi connectivity index (χ4v) is 2.61. The van der Waals surface area contributed by atoms with Crippen LogP contribution in [0, 0.1) is 0 Å². The van der Waals surface area contributed by atoms with Crippen molar-refractivity contribution in [2.75, 3.05) is 31.6 Å². The molecular formula is C16H18N4O2. The summed E-state index contributed by atoms with van der Waals surface area (Å²) >= 11 is 0. The Morgan fingerprint density at radius 1 is 1.32 bits per heavy atom. The van der Waals surface area contributed by atoms with Gasteiger partial charge in [0.25, 0.3) is 0 Å². The average molecular weight is 298 g/mol. The van der Waals surface area contributed by atoms with Gasteiger partial charge < -0.3 is 15.0 Å². The van der Waals surface area contributed by atoms with Crippen LogP contribution in [0.4, 0.5) is 5.82 Å². The van der Waals surface area contributed by atoms with Crippen molar-refractivity contribution in [2.24, 2.45) is 0 Å². The Morgan fingerprint density at radius 2 is 2.14 bits per heavy atom. The van der Waals surface area contributed by atoms with Gasteiger partial charge in [-0.15, -0.1) is 5.10 Å². The summed E-state index contributed by atoms with van der Waals surface area (Å²) in [5.41, 5.74) is 1.70. The number of methoxy groups -OCH3 is 1. The van der Waals surface area contributed by atoms with Gasteiger partial charge in [-0.3, -0.25) is 0 Å². The quantitative estimate of drug-likeness (QED) is 0.864. The van der Waals surface area contributed by atoms with Crippen LogP contribution < -0.4 is 10.2 Å². The van der Waals surface area contributed by atoms with Crippen LogP contribution in [0.3, 0.4) is 0 Å². The summed E-state index contributed by atoms with van der Waals surface area (Å²) in [5.74, 6) is 0.574. The normalized spacial score (nSPS) is 18.0. The van der Waals surface area contributed by atoms with E-state index in [1.165, 1.54) is 7.11 Å². The number of carbonyl (C=O) groups excluding carboxylic acids is 1. The van der Waals surface area contributed by atoms with Gasteiger partial charge in [0.15, 0.2) is 5.82 Å². The molecule has 1 fully saturated rings. The van der Waals surface area contributed by atoms with Crippen LogP contribution in [0.2, 0.25) is 0 Å². The molecule has 1 aliphatic rings. The van der Waals surface area contributed by atoms with Gasteiger partial charge in [0.2, 0.25) is 0 Å². The molecule has 0 aliphatic carbocycles. The van der Waals surface area contributed by atoms with Crippen molar-refractivity contribution in [3.63, 3.8) is 0 Å². The monoisotopic (exact) mass is 298 g/mol. The lowest BCUT2D eigenvalue weighted by atomic mass is 10.0. The number of carbonyl (C=O) groups is 1. The summed E-state index contributed by atoms with van der Waals surface area (Å²) in [6, 6.07) is 11.6. The van der Waals surface area contributed by atoms with Gasteiger partial charge in [-0.25, -0.2) is 4.79 Å². The van der Waals surface area contributed by atoms with Crippen LogP contribution in [-0.2, 0) is 4.74 Å². The van der Waals surface area contributed by atoms with Crippen LogP contribution in [0.15, 0.2) is 42.6 Å². The van der Waals surface area contributed by atoms with Crippen LogP contribution in [-0.4, -0.2) is 42.9 Å². The van der Waals surface area contributed by atoms with Crippen molar-refractivity contribution in [3.8, 4) is 0 Å². The smallest absolute Gasteiger partial charge is 0.337 e. The fraction of sp³-hybridized carbons (Fsp3) is 0.312. The van der Waals surface area contributed by atoms with E-state index in [0.29, 0.717) is 5.56 Å². The number of ether oxygens (including phenoxy) is 1. The number of anilines is 1. The summed E-state index contributed by atoms with van der Waals surface area (Å²) in [7, 11) is 1.39. The lowest BCUT2D eigenvalue weighted by Crippen LogP contribution is -2.46. The number of hydrogen-bond donors (Lipinski definition) is 1. The molecule has 22 heavy (non-hydrogen) atoms. The van der Waals surface area contributed by atoms with Gasteiger partial charge in [-0.2, -0.15) is 5.10 Å². The third-order valence-corrected chi connectivity index (χ3v) is 3.79. The van der Waals surface area contributed by atoms with Gasteiger partial charge in [-0.1, -0.05) is 12.1 Å². The molecule has 1 N–H and O–H groups in total. The molecule has 1 atom stereocenters. The number of piperazine rings is 1. The molecule has 0 saturated carbocycles. The van der Waals surface area contributed by atoms with Gasteiger partial charge in [-0.05, 0) is 29.8 Å². The van der Waals surface area contributed by atoms with E-state index in [4.69, 9.17) is 4.74 Å². The maximum atomic E-state index is 11.5. The molecule has 0 amide bonds. The molecule has 6 heteroatoms. The largest absolute Gasteiger partial charge is 0.465 e. The summed E-state index contributed by atoms with van der Waals surface area (Å²) in [6.07, 6.45) is 1.68. The van der Waals surface area contributed by atoms with Gasteiger partial charge >= 0.3 is 5.97 Å². The Bertz CT molecular complexity index is 630. The van der Waals surface area contributed by atoms with E-state index < -0.39 is 0 Å². The maximum Gasteiger partial charge on any atom is 0.337 e. The molecule has 1 aliphatic heterocycles. The standard InChI is InChI=1S/C16H18N4O2/c1-22-16(21)13-6-4-12(5-7-13)14-11-20(10-9-17-14)15-3-2-8-18-19-15/h2-8,14,17H,9-11H2,1H3. The topological polar surface area (TPSA) is 67.3 Å². The minimum absolute atomic E-state index is 0.197. The molecule has 1 aromatic carbocycles. The second-order valence-electron chi connectivity index (χ2n) is 5.15. The molecular weight excluding hydrogens is 280 g/mol. The molecule has 0 spiro atoms. The number of rotatable bonds is 3. The van der Waals surface area contributed by atoms with E-state index in [0.717, 1.165) is 31.0 Å². The van der Waals surface area contributed by atoms with Crippen LogP contribution in [0.5, 0.6) is 0 Å². The fourth-order valence-electron chi connectivity index (χ4n) is 2.61. The molecule has 1 saturated heterocycles. The lowest BCUT2D eigenvalue weighted by Gasteiger charge is -2.34. The van der Waals surface area contributed by atoms with Crippen LogP contribution in [0.1, 0.15) is 22.0 Å². The molecule has 3 rings (SSSR count). The molecule has 1 aromatic heterocycles. The van der Waals surface area contributed by atoms with E-state index in [-0.39, 0.29) is 12.0 Å². The third kappa shape index (κ3) is 3.07. The zero-order valence-corrected chi connectivity index (χ0v) is 12.4. The third-order valence-electron chi connectivity index (χ3n) is 3.79. The first-order valence-corrected chi connectivity index (χ1v) is 7.22. The van der Waals surface area contributed by atoms with Crippen molar-refractivity contribution in [2.45, 2.75) is 6.04 Å². The van der Waals surface area contributed by atoms with Crippen LogP contribution in [0.25, 0.3) is 0 Å². The molecule has 0 bridgehead atoms. The van der Waals surface area contributed by atoms with E-state index in [2.05, 4.69) is 20.4 Å². The predicted octanol–water partition coefficient (Wildman–Crippen LogP) is 1.41. The maximum absolute atomic E-state index is 11.5. The van der Waals surface area contributed by atoms with Gasteiger partial charge in [0.05, 0.1) is 12.7 Å². The first kappa shape index (κ1) is 14.5. The SMILES string of the molecule is COC(=O)c1ccc(C2CN(c3cccnn3)CCN2)cc1. The summed E-state index contributed by atoms with van der Waals surface area (Å²) in [4.78, 5) is 13.7. The number of esters is 1. The van der Waals surface area contributed by atoms with Crippen molar-refractivity contribution >= 4 is 11.8 Å². The predicted molar refractivity (Wildman–Crippen MR) is 82.8 cm³/mol. The second kappa shape index (κ2) is 6.53. The molecule has 2 heterocycles. The summed E-state index contributed by atoms with van der Waals surface area (Å²) in [6.45, 7) is 2.59. The van der Waals surface area contributed by atoms with Gasteiger partial charge in [0.1, 0.15) is 0 Å². The number of aromatic nitrogens is 2. The Labute approximate surface area is 129 Å². The highest BCUT2D eigenvalue weighted by atomic mass is 16.5. The van der Waals surface area contributed by atoms with Crippen molar-refractivity contribution in [3.05, 3.63) is 53.7 Å². The zero-order chi connectivity index (χ0) is 15.4. The number of nitrogens with zero attached hydrogens (tertiary/aromatic N) is 3. The Hall–Kier alpha value is -2.47. The molecule has 6 nitrogen and oxygen atoms in total. The minimum Gasteiger partial charge on any atom is -0.465 e. The first-order chi connectivity index (χ1) is 10.8. The van der Waals surface area contributed by atoms with E-state index in [1.807, 2.05) is 24.3 Å². The van der Waals surface area contributed by atoms with Crippen molar-refractivity contribution in [1.82, 2.24) is 15.5 Å². The highest BCUT2D eigenvalue weighted by Crippen LogP contribution is 2.21. The lowest BCUT2D eigenvalue weighted by molar-refractivity contribution is 0.0600. The minimum atomic E-state index is -0.315. The van der Waals surface area contributed by atoms with Crippen LogP contribution >= 0.6 is 0 Å². The van der Waals surface area contributed by atoms with Crippen molar-refractivity contribution in [1.29, 1.82) is 0 Å². The molecule has 2 aromatic rings. The number of hydrogen-bond acceptors (Lipinski definition) is 6. The summed E-state index contributed by atoms with van der Waals surface area (Å²) < 4.78 is 4.72.